The fourth-order valence-corrected chi connectivity index (χ4v) is 1.59. The maximum Gasteiger partial charge on any atom is 0.341 e. The second-order valence-corrected chi connectivity index (χ2v) is 4.00. The molecule has 0 aliphatic carbocycles. The first-order valence-corrected chi connectivity index (χ1v) is 5.36. The number of aryl methyl sites for hydroxylation is 1. The fraction of sp³-hybridized carbons (Fsp3) is 0.0909. The Kier molecular flexibility index (Phi) is 3.12. The maximum absolute atomic E-state index is 10.9. The standard InChI is InChI=1S/C11H9ClN4O2/c1-5-8(11(17)18)9(13)16-10(15-5)7-3-2-6(12)4-14-7/h2-4H,1H3,(H,17,18)(H2,13,15,16). The number of hydrogen-bond donors (Lipinski definition) is 2. The van der Waals surface area contributed by atoms with Crippen LogP contribution in [0.2, 0.25) is 5.02 Å². The van der Waals surface area contributed by atoms with Gasteiger partial charge in [-0.15, -0.1) is 0 Å². The maximum atomic E-state index is 10.9. The van der Waals surface area contributed by atoms with E-state index in [-0.39, 0.29) is 17.2 Å². The Morgan fingerprint density at radius 1 is 1.39 bits per heavy atom. The molecule has 6 nitrogen and oxygen atoms in total. The summed E-state index contributed by atoms with van der Waals surface area (Å²) in [7, 11) is 0. The van der Waals surface area contributed by atoms with Gasteiger partial charge in [0.15, 0.2) is 5.82 Å². The minimum Gasteiger partial charge on any atom is -0.477 e. The number of nitrogens with zero attached hydrogens (tertiary/aromatic N) is 3. The molecule has 92 valence electrons. The zero-order chi connectivity index (χ0) is 13.3. The summed E-state index contributed by atoms with van der Waals surface area (Å²) in [5.74, 6) is -0.964. The Bertz CT molecular complexity index is 590. The molecule has 0 aliphatic heterocycles. The topological polar surface area (TPSA) is 102 Å². The minimum absolute atomic E-state index is 0.0817. The van der Waals surface area contributed by atoms with Crippen molar-refractivity contribution in [3.8, 4) is 11.5 Å². The number of halogens is 1. The van der Waals surface area contributed by atoms with Crippen LogP contribution in [0.25, 0.3) is 11.5 Å². The van der Waals surface area contributed by atoms with Crippen molar-refractivity contribution in [2.24, 2.45) is 0 Å². The van der Waals surface area contributed by atoms with E-state index in [1.54, 1.807) is 19.1 Å². The zero-order valence-electron chi connectivity index (χ0n) is 9.38. The SMILES string of the molecule is Cc1nc(-c2ccc(Cl)cn2)nc(N)c1C(=O)O. The summed E-state index contributed by atoms with van der Waals surface area (Å²) in [5, 5.41) is 9.44. The van der Waals surface area contributed by atoms with Crippen LogP contribution in [0.1, 0.15) is 16.1 Å². The van der Waals surface area contributed by atoms with Crippen molar-refractivity contribution < 1.29 is 9.90 Å². The van der Waals surface area contributed by atoms with Gasteiger partial charge in [-0.2, -0.15) is 0 Å². The third-order valence-corrected chi connectivity index (χ3v) is 2.51. The van der Waals surface area contributed by atoms with Crippen LogP contribution >= 0.6 is 11.6 Å². The summed E-state index contributed by atoms with van der Waals surface area (Å²) in [5.41, 5.74) is 6.29. The van der Waals surface area contributed by atoms with Crippen LogP contribution in [0.5, 0.6) is 0 Å². The van der Waals surface area contributed by atoms with Gasteiger partial charge in [0.2, 0.25) is 0 Å². The Morgan fingerprint density at radius 3 is 2.61 bits per heavy atom. The molecule has 0 unspecified atom stereocenters. The Labute approximate surface area is 107 Å². The number of carbonyl (C=O) groups is 1. The number of aromatic nitrogens is 3. The van der Waals surface area contributed by atoms with Crippen molar-refractivity contribution in [1.82, 2.24) is 15.0 Å². The van der Waals surface area contributed by atoms with Gasteiger partial charge in [0.05, 0.1) is 10.7 Å². The molecule has 0 amide bonds. The van der Waals surface area contributed by atoms with Gasteiger partial charge in [-0.1, -0.05) is 11.6 Å². The smallest absolute Gasteiger partial charge is 0.341 e. The molecule has 3 N–H and O–H groups in total. The summed E-state index contributed by atoms with van der Waals surface area (Å²) in [6, 6.07) is 3.28. The van der Waals surface area contributed by atoms with E-state index in [0.29, 0.717) is 16.4 Å². The quantitative estimate of drug-likeness (QED) is 0.857. The van der Waals surface area contributed by atoms with Crippen LogP contribution in [0.15, 0.2) is 18.3 Å². The minimum atomic E-state index is -1.15. The van der Waals surface area contributed by atoms with E-state index < -0.39 is 5.97 Å². The number of nitrogens with two attached hydrogens (primary N) is 1. The lowest BCUT2D eigenvalue weighted by Gasteiger charge is -2.06. The second kappa shape index (κ2) is 4.58. The Morgan fingerprint density at radius 2 is 2.11 bits per heavy atom. The average molecular weight is 265 g/mol. The van der Waals surface area contributed by atoms with Gasteiger partial charge in [-0.05, 0) is 19.1 Å². The van der Waals surface area contributed by atoms with E-state index in [0.717, 1.165) is 0 Å². The van der Waals surface area contributed by atoms with Gasteiger partial charge in [0.1, 0.15) is 17.1 Å². The Balaban J connectivity index is 2.54. The van der Waals surface area contributed by atoms with Crippen LogP contribution in [-0.2, 0) is 0 Å². The average Bonchev–Trinajstić information content (AvgIpc) is 2.28. The molecule has 0 spiro atoms. The van der Waals surface area contributed by atoms with Crippen molar-refractivity contribution in [1.29, 1.82) is 0 Å². The number of rotatable bonds is 2. The molecular formula is C11H9ClN4O2. The van der Waals surface area contributed by atoms with Gasteiger partial charge in [-0.3, -0.25) is 4.98 Å². The first kappa shape index (κ1) is 12.3. The molecule has 2 heterocycles. The highest BCUT2D eigenvalue weighted by Gasteiger charge is 2.16. The van der Waals surface area contributed by atoms with Crippen LogP contribution in [0.3, 0.4) is 0 Å². The number of carboxylic acid groups (broad SMARTS) is 1. The monoisotopic (exact) mass is 264 g/mol. The number of nitrogen functional groups attached to an aromatic ring is 1. The summed E-state index contributed by atoms with van der Waals surface area (Å²) >= 11 is 5.72. The number of pyridine rings is 1. The highest BCUT2D eigenvalue weighted by atomic mass is 35.5. The predicted octanol–water partition coefficient (Wildman–Crippen LogP) is 1.78. The molecule has 2 aromatic heterocycles. The molecule has 0 radical (unpaired) electrons. The molecule has 7 heteroatoms. The summed E-state index contributed by atoms with van der Waals surface area (Å²) < 4.78 is 0. The largest absolute Gasteiger partial charge is 0.477 e. The molecule has 2 rings (SSSR count). The van der Waals surface area contributed by atoms with E-state index >= 15 is 0 Å². The highest BCUT2D eigenvalue weighted by molar-refractivity contribution is 6.30. The normalized spacial score (nSPS) is 10.3. The van der Waals surface area contributed by atoms with Gasteiger partial charge in [-0.25, -0.2) is 14.8 Å². The summed E-state index contributed by atoms with van der Waals surface area (Å²) in [6.07, 6.45) is 1.46. The number of hydrogen-bond acceptors (Lipinski definition) is 5. The number of carboxylic acids is 1. The van der Waals surface area contributed by atoms with E-state index in [1.165, 1.54) is 6.20 Å². The second-order valence-electron chi connectivity index (χ2n) is 3.56. The van der Waals surface area contributed by atoms with Crippen molar-refractivity contribution in [2.45, 2.75) is 6.92 Å². The van der Waals surface area contributed by atoms with E-state index in [1.807, 2.05) is 0 Å². The summed E-state index contributed by atoms with van der Waals surface area (Å²) in [4.78, 5) is 23.0. The van der Waals surface area contributed by atoms with Crippen LogP contribution in [0.4, 0.5) is 5.82 Å². The molecule has 0 aliphatic rings. The predicted molar refractivity (Wildman–Crippen MR) is 66.4 cm³/mol. The third-order valence-electron chi connectivity index (χ3n) is 2.29. The van der Waals surface area contributed by atoms with Gasteiger partial charge >= 0.3 is 5.97 Å². The first-order valence-electron chi connectivity index (χ1n) is 4.98. The molecule has 18 heavy (non-hydrogen) atoms. The fourth-order valence-electron chi connectivity index (χ4n) is 1.48. The van der Waals surface area contributed by atoms with Crippen molar-refractivity contribution >= 4 is 23.4 Å². The Hall–Kier alpha value is -2.21. The first-order chi connectivity index (χ1) is 8.49. The van der Waals surface area contributed by atoms with Crippen molar-refractivity contribution in [3.05, 3.63) is 34.6 Å². The van der Waals surface area contributed by atoms with Gasteiger partial charge in [0.25, 0.3) is 0 Å². The lowest BCUT2D eigenvalue weighted by atomic mass is 10.2. The number of anilines is 1. The van der Waals surface area contributed by atoms with E-state index in [4.69, 9.17) is 22.4 Å². The lowest BCUT2D eigenvalue weighted by molar-refractivity contribution is 0.0696. The number of aromatic carboxylic acids is 1. The lowest BCUT2D eigenvalue weighted by Crippen LogP contribution is -2.10. The molecule has 0 aromatic carbocycles. The summed E-state index contributed by atoms with van der Waals surface area (Å²) in [6.45, 7) is 1.56. The molecule has 0 saturated heterocycles. The van der Waals surface area contributed by atoms with Crippen LogP contribution in [0, 0.1) is 6.92 Å². The zero-order valence-corrected chi connectivity index (χ0v) is 10.1. The molecule has 0 fully saturated rings. The molecule has 2 aromatic rings. The third kappa shape index (κ3) is 2.23. The van der Waals surface area contributed by atoms with Gasteiger partial charge in [0, 0.05) is 6.20 Å². The van der Waals surface area contributed by atoms with Crippen molar-refractivity contribution in [3.63, 3.8) is 0 Å². The molecular weight excluding hydrogens is 256 g/mol. The molecule has 0 saturated carbocycles. The van der Waals surface area contributed by atoms with E-state index in [9.17, 15) is 4.79 Å². The van der Waals surface area contributed by atoms with Gasteiger partial charge < -0.3 is 10.8 Å². The molecule has 0 bridgehead atoms. The molecule has 0 atom stereocenters. The van der Waals surface area contributed by atoms with Crippen LogP contribution in [-0.4, -0.2) is 26.0 Å². The highest BCUT2D eigenvalue weighted by Crippen LogP contribution is 2.20. The van der Waals surface area contributed by atoms with E-state index in [2.05, 4.69) is 15.0 Å². The van der Waals surface area contributed by atoms with Crippen molar-refractivity contribution in [2.75, 3.05) is 5.73 Å². The van der Waals surface area contributed by atoms with Crippen LogP contribution < -0.4 is 5.73 Å².